The van der Waals surface area contributed by atoms with Crippen molar-refractivity contribution < 1.29 is 13.2 Å². The van der Waals surface area contributed by atoms with Crippen molar-refractivity contribution in [3.05, 3.63) is 47.7 Å². The Bertz CT molecular complexity index is 951. The van der Waals surface area contributed by atoms with E-state index in [-0.39, 0.29) is 11.8 Å². The molecule has 0 unspecified atom stereocenters. The summed E-state index contributed by atoms with van der Waals surface area (Å²) in [4.78, 5) is 17.1. The number of pyridine rings is 1. The average Bonchev–Trinajstić information content (AvgIpc) is 2.70. The summed E-state index contributed by atoms with van der Waals surface area (Å²) >= 11 is 1.54. The molecule has 1 aromatic carbocycles. The summed E-state index contributed by atoms with van der Waals surface area (Å²) in [5.74, 6) is -0.284. The molecular weight excluding hydrogens is 394 g/mol. The van der Waals surface area contributed by atoms with E-state index in [2.05, 4.69) is 10.3 Å². The highest BCUT2D eigenvalue weighted by atomic mass is 32.2. The van der Waals surface area contributed by atoms with Gasteiger partial charge in [0.25, 0.3) is 0 Å². The van der Waals surface area contributed by atoms with Gasteiger partial charge in [0.2, 0.25) is 15.9 Å². The molecule has 1 aliphatic rings. The molecule has 1 aliphatic heterocycles. The molecule has 3 rings (SSSR count). The van der Waals surface area contributed by atoms with E-state index in [4.69, 9.17) is 0 Å². The van der Waals surface area contributed by atoms with Gasteiger partial charge in [-0.15, -0.1) is 11.8 Å². The van der Waals surface area contributed by atoms with E-state index < -0.39 is 10.0 Å². The Morgan fingerprint density at radius 2 is 1.86 bits per heavy atom. The number of nitrogens with one attached hydrogen (secondary N) is 1. The number of amides is 1. The van der Waals surface area contributed by atoms with Crippen LogP contribution in [0.2, 0.25) is 0 Å². The number of thioether (sulfide) groups is 1. The second-order valence-corrected chi connectivity index (χ2v) is 9.77. The number of aromatic nitrogens is 1. The van der Waals surface area contributed by atoms with Crippen molar-refractivity contribution in [3.8, 4) is 0 Å². The fraction of sp³-hybridized carbons (Fsp3) is 0.400. The predicted molar refractivity (Wildman–Crippen MR) is 112 cm³/mol. The normalized spacial score (nSPS) is 16.1. The van der Waals surface area contributed by atoms with Gasteiger partial charge >= 0.3 is 0 Å². The molecule has 0 atom stereocenters. The third-order valence-corrected chi connectivity index (χ3v) is 7.71. The average molecular weight is 420 g/mol. The van der Waals surface area contributed by atoms with Crippen molar-refractivity contribution in [1.29, 1.82) is 0 Å². The van der Waals surface area contributed by atoms with Crippen LogP contribution in [0.3, 0.4) is 0 Å². The maximum Gasteiger partial charge on any atom is 0.243 e. The van der Waals surface area contributed by atoms with E-state index in [1.165, 1.54) is 4.31 Å². The maximum atomic E-state index is 12.9. The SMILES string of the molecule is CSc1ccc(NC(=O)C2CCN(S(=O)(=O)c3ccc(C)c(C)c3)CC2)cn1. The number of carbonyl (C=O) groups is 1. The number of nitrogens with zero attached hydrogens (tertiary/aromatic N) is 2. The number of hydrogen-bond acceptors (Lipinski definition) is 5. The number of sulfonamides is 1. The lowest BCUT2D eigenvalue weighted by atomic mass is 9.97. The lowest BCUT2D eigenvalue weighted by Crippen LogP contribution is -2.41. The van der Waals surface area contributed by atoms with Crippen LogP contribution in [0.15, 0.2) is 46.5 Å². The van der Waals surface area contributed by atoms with Crippen LogP contribution < -0.4 is 5.32 Å². The fourth-order valence-corrected chi connectivity index (χ4v) is 5.12. The van der Waals surface area contributed by atoms with Crippen molar-refractivity contribution in [2.24, 2.45) is 5.92 Å². The van der Waals surface area contributed by atoms with Gasteiger partial charge in [0.05, 0.1) is 21.8 Å². The van der Waals surface area contributed by atoms with Crippen molar-refractivity contribution in [2.75, 3.05) is 24.7 Å². The first kappa shape index (κ1) is 20.8. The largest absolute Gasteiger partial charge is 0.324 e. The maximum absolute atomic E-state index is 12.9. The van der Waals surface area contributed by atoms with E-state index in [0.717, 1.165) is 16.2 Å². The molecule has 6 nitrogen and oxygen atoms in total. The second-order valence-electron chi connectivity index (χ2n) is 7.00. The minimum absolute atomic E-state index is 0.0815. The van der Waals surface area contributed by atoms with Crippen LogP contribution in [0.1, 0.15) is 24.0 Å². The quantitative estimate of drug-likeness (QED) is 0.751. The third-order valence-electron chi connectivity index (χ3n) is 5.15. The predicted octanol–water partition coefficient (Wildman–Crippen LogP) is 3.46. The molecule has 1 saturated heterocycles. The van der Waals surface area contributed by atoms with E-state index in [1.54, 1.807) is 30.1 Å². The zero-order chi connectivity index (χ0) is 20.3. The molecule has 2 aromatic rings. The van der Waals surface area contributed by atoms with E-state index in [9.17, 15) is 13.2 Å². The molecule has 1 fully saturated rings. The molecule has 0 bridgehead atoms. The zero-order valence-electron chi connectivity index (χ0n) is 16.3. The number of rotatable bonds is 5. The van der Waals surface area contributed by atoms with E-state index in [1.807, 2.05) is 38.3 Å². The number of benzene rings is 1. The van der Waals surface area contributed by atoms with Crippen LogP contribution in [0.5, 0.6) is 0 Å². The lowest BCUT2D eigenvalue weighted by molar-refractivity contribution is -0.120. The molecule has 0 aliphatic carbocycles. The van der Waals surface area contributed by atoms with Crippen LogP contribution in [0.4, 0.5) is 5.69 Å². The smallest absolute Gasteiger partial charge is 0.243 e. The first-order chi connectivity index (χ1) is 13.3. The number of hydrogen-bond donors (Lipinski definition) is 1. The third kappa shape index (κ3) is 4.56. The number of carbonyl (C=O) groups excluding carboxylic acids is 1. The van der Waals surface area contributed by atoms with E-state index in [0.29, 0.717) is 36.5 Å². The standard InChI is InChI=1S/C20H25N3O3S2/c1-14-4-6-18(12-15(14)2)28(25,26)23-10-8-16(9-11-23)20(24)22-17-5-7-19(27-3)21-13-17/h4-7,12-13,16H,8-11H2,1-3H3,(H,22,24). The molecule has 28 heavy (non-hydrogen) atoms. The number of anilines is 1. The van der Waals surface area contributed by atoms with Crippen molar-refractivity contribution >= 4 is 33.4 Å². The highest BCUT2D eigenvalue weighted by Gasteiger charge is 2.32. The van der Waals surface area contributed by atoms with Crippen molar-refractivity contribution in [1.82, 2.24) is 9.29 Å². The molecule has 0 radical (unpaired) electrons. The van der Waals surface area contributed by atoms with Crippen molar-refractivity contribution in [3.63, 3.8) is 0 Å². The Morgan fingerprint density at radius 3 is 2.43 bits per heavy atom. The lowest BCUT2D eigenvalue weighted by Gasteiger charge is -2.30. The summed E-state index contributed by atoms with van der Waals surface area (Å²) in [7, 11) is -3.53. The molecular formula is C20H25N3O3S2. The fourth-order valence-electron chi connectivity index (χ4n) is 3.20. The monoisotopic (exact) mass is 419 g/mol. The van der Waals surface area contributed by atoms with E-state index >= 15 is 0 Å². The first-order valence-corrected chi connectivity index (χ1v) is 11.9. The summed E-state index contributed by atoms with van der Waals surface area (Å²) in [5.41, 5.74) is 2.68. The van der Waals surface area contributed by atoms with Crippen LogP contribution in [0.25, 0.3) is 0 Å². The Kier molecular flexibility index (Phi) is 6.42. The second kappa shape index (κ2) is 8.63. The Labute approximate surface area is 170 Å². The number of piperidine rings is 1. The first-order valence-electron chi connectivity index (χ1n) is 9.19. The van der Waals surface area contributed by atoms with Gasteiger partial charge in [-0.05, 0) is 68.3 Å². The van der Waals surface area contributed by atoms with Crippen LogP contribution in [0, 0.1) is 19.8 Å². The molecule has 2 heterocycles. The van der Waals surface area contributed by atoms with Gasteiger partial charge in [-0.3, -0.25) is 4.79 Å². The summed E-state index contributed by atoms with van der Waals surface area (Å²) in [6, 6.07) is 8.89. The number of aryl methyl sites for hydroxylation is 2. The van der Waals surface area contributed by atoms with Crippen LogP contribution in [-0.4, -0.2) is 43.0 Å². The van der Waals surface area contributed by atoms with Crippen LogP contribution >= 0.6 is 11.8 Å². The molecule has 1 aromatic heterocycles. The van der Waals surface area contributed by atoms with Gasteiger partial charge in [0, 0.05) is 19.0 Å². The highest BCUT2D eigenvalue weighted by Crippen LogP contribution is 2.26. The molecule has 8 heteroatoms. The van der Waals surface area contributed by atoms with Gasteiger partial charge in [-0.1, -0.05) is 6.07 Å². The van der Waals surface area contributed by atoms with Gasteiger partial charge < -0.3 is 5.32 Å². The minimum Gasteiger partial charge on any atom is -0.324 e. The van der Waals surface area contributed by atoms with Gasteiger partial charge in [-0.2, -0.15) is 4.31 Å². The molecule has 150 valence electrons. The summed E-state index contributed by atoms with van der Waals surface area (Å²) < 4.78 is 27.3. The Hall–Kier alpha value is -1.90. The van der Waals surface area contributed by atoms with Gasteiger partial charge in [0.1, 0.15) is 0 Å². The summed E-state index contributed by atoms with van der Waals surface area (Å²) in [6.45, 7) is 4.56. The molecule has 0 saturated carbocycles. The molecule has 0 spiro atoms. The van der Waals surface area contributed by atoms with Gasteiger partial charge in [-0.25, -0.2) is 13.4 Å². The summed E-state index contributed by atoms with van der Waals surface area (Å²) in [6.07, 6.45) is 4.60. The van der Waals surface area contributed by atoms with Gasteiger partial charge in [0.15, 0.2) is 0 Å². The molecule has 1 N–H and O–H groups in total. The minimum atomic E-state index is -3.53. The molecule has 1 amide bonds. The zero-order valence-corrected chi connectivity index (χ0v) is 17.9. The summed E-state index contributed by atoms with van der Waals surface area (Å²) in [5, 5.41) is 3.77. The highest BCUT2D eigenvalue weighted by molar-refractivity contribution is 7.98. The van der Waals surface area contributed by atoms with Crippen molar-refractivity contribution in [2.45, 2.75) is 36.6 Å². The topological polar surface area (TPSA) is 79.4 Å². The Balaban J connectivity index is 1.61. The Morgan fingerprint density at radius 1 is 1.14 bits per heavy atom. The van der Waals surface area contributed by atoms with Crippen LogP contribution in [-0.2, 0) is 14.8 Å².